The van der Waals surface area contributed by atoms with Crippen LogP contribution in [-0.4, -0.2) is 22.8 Å². The minimum Gasteiger partial charge on any atom is -0.496 e. The molecule has 0 amide bonds. The van der Waals surface area contributed by atoms with Crippen molar-refractivity contribution in [2.24, 2.45) is 5.92 Å². The van der Waals surface area contributed by atoms with Crippen LogP contribution in [0.2, 0.25) is 0 Å². The van der Waals surface area contributed by atoms with Crippen LogP contribution in [0.1, 0.15) is 50.8 Å². The number of hydrogen-bond acceptors (Lipinski definition) is 2. The molecule has 1 heterocycles. The van der Waals surface area contributed by atoms with Crippen LogP contribution >= 0.6 is 0 Å². The molecule has 4 rings (SSSR count). The van der Waals surface area contributed by atoms with Crippen molar-refractivity contribution in [3.63, 3.8) is 0 Å². The summed E-state index contributed by atoms with van der Waals surface area (Å²) in [6, 6.07) is 14.9. The van der Waals surface area contributed by atoms with Gasteiger partial charge in [-0.05, 0) is 66.8 Å². The lowest BCUT2D eigenvalue weighted by atomic mass is 9.69. The Bertz CT molecular complexity index is 972. The van der Waals surface area contributed by atoms with Crippen molar-refractivity contribution in [3.05, 3.63) is 65.6 Å². The minimum absolute atomic E-state index is 0.266. The Labute approximate surface area is 171 Å². The number of halogens is 1. The Morgan fingerprint density at radius 2 is 1.90 bits per heavy atom. The van der Waals surface area contributed by atoms with E-state index in [1.807, 2.05) is 25.1 Å². The number of methoxy groups -OCH3 is 1. The van der Waals surface area contributed by atoms with Gasteiger partial charge in [-0.3, -0.25) is 0 Å². The molecular formula is C25H30FNO2. The lowest BCUT2D eigenvalue weighted by molar-refractivity contribution is 0.0247. The first-order chi connectivity index (χ1) is 13.8. The monoisotopic (exact) mass is 395 g/mol. The normalized spacial score (nSPS) is 18.4. The molecule has 0 aliphatic heterocycles. The van der Waals surface area contributed by atoms with Crippen LogP contribution in [0.15, 0.2) is 48.5 Å². The maximum Gasteiger partial charge on any atom is 0.123 e. The summed E-state index contributed by atoms with van der Waals surface area (Å²) in [4.78, 5) is 3.42. The lowest BCUT2D eigenvalue weighted by Gasteiger charge is -2.38. The number of hydrogen-bond donors (Lipinski definition) is 2. The fourth-order valence-corrected chi connectivity index (χ4v) is 4.93. The average Bonchev–Trinajstić information content (AvgIpc) is 3.36. The molecule has 0 saturated heterocycles. The van der Waals surface area contributed by atoms with E-state index in [4.69, 9.17) is 4.74 Å². The number of benzene rings is 2. The van der Waals surface area contributed by atoms with Gasteiger partial charge in [0, 0.05) is 23.2 Å². The molecule has 1 aromatic heterocycles. The number of rotatable bonds is 8. The molecule has 4 heteroatoms. The Kier molecular flexibility index (Phi) is 5.16. The molecule has 0 radical (unpaired) electrons. The van der Waals surface area contributed by atoms with Crippen LogP contribution in [-0.2, 0) is 11.8 Å². The molecule has 0 spiro atoms. The number of ether oxygens (including phenoxy) is 1. The van der Waals surface area contributed by atoms with Crippen molar-refractivity contribution < 1.29 is 14.2 Å². The third kappa shape index (κ3) is 4.48. The van der Waals surface area contributed by atoms with Gasteiger partial charge in [0.05, 0.1) is 12.7 Å². The standard InChI is InChI=1S/C25H30FNO2/c1-24(14-17-8-9-17,21-13-19(26)10-11-23(21)29-3)16-25(2,28)15-20-12-18-6-4-5-7-22(18)27-20/h4-7,10-13,17,27-28H,8-9,14-16H2,1-3H3. The molecule has 154 valence electrons. The summed E-state index contributed by atoms with van der Waals surface area (Å²) in [6.45, 7) is 4.03. The zero-order chi connectivity index (χ0) is 20.6. The summed E-state index contributed by atoms with van der Waals surface area (Å²) in [6.07, 6.45) is 4.38. The van der Waals surface area contributed by atoms with Crippen molar-refractivity contribution >= 4 is 10.9 Å². The predicted molar refractivity (Wildman–Crippen MR) is 115 cm³/mol. The number of aliphatic hydroxyl groups is 1. The molecule has 3 aromatic rings. The molecule has 1 saturated carbocycles. The smallest absolute Gasteiger partial charge is 0.123 e. The maximum atomic E-state index is 14.1. The quantitative estimate of drug-likeness (QED) is 0.509. The molecule has 1 aliphatic carbocycles. The van der Waals surface area contributed by atoms with Crippen LogP contribution in [0.3, 0.4) is 0 Å². The van der Waals surface area contributed by atoms with Crippen LogP contribution in [0.25, 0.3) is 10.9 Å². The number of H-pyrrole nitrogens is 1. The zero-order valence-corrected chi connectivity index (χ0v) is 17.5. The minimum atomic E-state index is -0.943. The first kappa shape index (κ1) is 20.0. The van der Waals surface area contributed by atoms with Gasteiger partial charge < -0.3 is 14.8 Å². The van der Waals surface area contributed by atoms with Gasteiger partial charge in [0.1, 0.15) is 11.6 Å². The fourth-order valence-electron chi connectivity index (χ4n) is 4.93. The van der Waals surface area contributed by atoms with Gasteiger partial charge in [-0.1, -0.05) is 38.0 Å². The summed E-state index contributed by atoms with van der Waals surface area (Å²) in [7, 11) is 1.62. The van der Waals surface area contributed by atoms with E-state index in [2.05, 4.69) is 24.0 Å². The van der Waals surface area contributed by atoms with Gasteiger partial charge in [0.25, 0.3) is 0 Å². The topological polar surface area (TPSA) is 45.2 Å². The number of fused-ring (bicyclic) bond motifs is 1. The number of aromatic nitrogens is 1. The number of nitrogens with one attached hydrogen (secondary N) is 1. The second-order valence-electron chi connectivity index (χ2n) is 9.29. The molecule has 0 bridgehead atoms. The van der Waals surface area contributed by atoms with Crippen molar-refractivity contribution in [2.75, 3.05) is 7.11 Å². The van der Waals surface area contributed by atoms with E-state index in [0.717, 1.165) is 28.6 Å². The van der Waals surface area contributed by atoms with E-state index in [1.165, 1.54) is 18.9 Å². The number of aromatic amines is 1. The van der Waals surface area contributed by atoms with Gasteiger partial charge in [0.2, 0.25) is 0 Å². The Balaban J connectivity index is 1.63. The predicted octanol–water partition coefficient (Wildman–Crippen LogP) is 5.76. The molecular weight excluding hydrogens is 365 g/mol. The second-order valence-corrected chi connectivity index (χ2v) is 9.29. The van der Waals surface area contributed by atoms with Crippen LogP contribution in [0.5, 0.6) is 5.75 Å². The molecule has 2 unspecified atom stereocenters. The first-order valence-electron chi connectivity index (χ1n) is 10.4. The van der Waals surface area contributed by atoms with E-state index >= 15 is 0 Å². The maximum absolute atomic E-state index is 14.1. The second kappa shape index (κ2) is 7.49. The Morgan fingerprint density at radius 1 is 1.14 bits per heavy atom. The molecule has 1 fully saturated rings. The third-order valence-electron chi connectivity index (χ3n) is 6.18. The Hall–Kier alpha value is -2.33. The highest BCUT2D eigenvalue weighted by molar-refractivity contribution is 5.80. The summed E-state index contributed by atoms with van der Waals surface area (Å²) < 4.78 is 19.7. The van der Waals surface area contributed by atoms with Crippen molar-refractivity contribution in [1.82, 2.24) is 4.98 Å². The summed E-state index contributed by atoms with van der Waals surface area (Å²) in [5, 5.41) is 12.5. The van der Waals surface area contributed by atoms with E-state index in [-0.39, 0.29) is 11.2 Å². The van der Waals surface area contributed by atoms with Crippen LogP contribution in [0, 0.1) is 11.7 Å². The summed E-state index contributed by atoms with van der Waals surface area (Å²) in [5.74, 6) is 1.06. The van der Waals surface area contributed by atoms with Gasteiger partial charge >= 0.3 is 0 Å². The fraction of sp³-hybridized carbons (Fsp3) is 0.440. The SMILES string of the molecule is COc1ccc(F)cc1C(C)(CC1CC1)CC(C)(O)Cc1cc2ccccc2[nH]1. The van der Waals surface area contributed by atoms with Gasteiger partial charge in [-0.25, -0.2) is 4.39 Å². The Morgan fingerprint density at radius 3 is 2.59 bits per heavy atom. The molecule has 1 aliphatic rings. The molecule has 3 nitrogen and oxygen atoms in total. The third-order valence-corrected chi connectivity index (χ3v) is 6.18. The van der Waals surface area contributed by atoms with Crippen molar-refractivity contribution in [3.8, 4) is 5.75 Å². The summed E-state index contributed by atoms with van der Waals surface area (Å²) in [5.41, 5.74) is 1.62. The molecule has 2 N–H and O–H groups in total. The highest BCUT2D eigenvalue weighted by Gasteiger charge is 2.41. The van der Waals surface area contributed by atoms with E-state index < -0.39 is 5.60 Å². The van der Waals surface area contributed by atoms with E-state index in [1.54, 1.807) is 19.2 Å². The zero-order valence-electron chi connectivity index (χ0n) is 17.5. The highest BCUT2D eigenvalue weighted by Crippen LogP contribution is 2.48. The van der Waals surface area contributed by atoms with Crippen molar-refractivity contribution in [2.45, 2.75) is 57.0 Å². The largest absolute Gasteiger partial charge is 0.496 e. The number of para-hydroxylation sites is 1. The van der Waals surface area contributed by atoms with Gasteiger partial charge in [0.15, 0.2) is 0 Å². The lowest BCUT2D eigenvalue weighted by Crippen LogP contribution is -2.38. The highest BCUT2D eigenvalue weighted by atomic mass is 19.1. The van der Waals surface area contributed by atoms with Crippen LogP contribution < -0.4 is 4.74 Å². The molecule has 2 atom stereocenters. The molecule has 29 heavy (non-hydrogen) atoms. The molecule has 2 aromatic carbocycles. The first-order valence-corrected chi connectivity index (χ1v) is 10.4. The van der Waals surface area contributed by atoms with Crippen LogP contribution in [0.4, 0.5) is 4.39 Å². The van der Waals surface area contributed by atoms with E-state index in [0.29, 0.717) is 24.5 Å². The average molecular weight is 396 g/mol. The van der Waals surface area contributed by atoms with Gasteiger partial charge in [-0.2, -0.15) is 0 Å². The van der Waals surface area contributed by atoms with Gasteiger partial charge in [-0.15, -0.1) is 0 Å². The van der Waals surface area contributed by atoms with Crippen molar-refractivity contribution in [1.29, 1.82) is 0 Å². The summed E-state index contributed by atoms with van der Waals surface area (Å²) >= 11 is 0. The van der Waals surface area contributed by atoms with E-state index in [9.17, 15) is 9.50 Å².